The fourth-order valence-electron chi connectivity index (χ4n) is 2.16. The van der Waals surface area contributed by atoms with Gasteiger partial charge in [-0.25, -0.2) is 4.79 Å². The number of benzene rings is 2. The van der Waals surface area contributed by atoms with Crippen LogP contribution in [0.4, 0.5) is 5.69 Å². The van der Waals surface area contributed by atoms with Crippen LogP contribution >= 0.6 is 0 Å². The molecule has 0 aliphatic rings. The summed E-state index contributed by atoms with van der Waals surface area (Å²) in [6.07, 6.45) is -1.12. The largest absolute Gasteiger partial charge is 0.475 e. The lowest BCUT2D eigenvalue weighted by molar-refractivity contribution is -0.385. The second-order valence-electron chi connectivity index (χ2n) is 5.53. The second-order valence-corrected chi connectivity index (χ2v) is 5.53. The molecule has 0 spiro atoms. The SMILES string of the molecule is CN(C)C(=O)[C@H](OC(=O)COc1ccccc1[N+](=O)[O-])c1ccccc1. The van der Waals surface area contributed by atoms with E-state index in [1.54, 1.807) is 50.5 Å². The molecule has 2 rings (SSSR count). The lowest BCUT2D eigenvalue weighted by Gasteiger charge is -2.21. The van der Waals surface area contributed by atoms with E-state index < -0.39 is 29.5 Å². The van der Waals surface area contributed by atoms with Gasteiger partial charge >= 0.3 is 11.7 Å². The summed E-state index contributed by atoms with van der Waals surface area (Å²) < 4.78 is 10.5. The third-order valence-electron chi connectivity index (χ3n) is 3.42. The first-order valence-electron chi connectivity index (χ1n) is 7.72. The van der Waals surface area contributed by atoms with Crippen LogP contribution in [0.25, 0.3) is 0 Å². The summed E-state index contributed by atoms with van der Waals surface area (Å²) in [4.78, 5) is 36.1. The van der Waals surface area contributed by atoms with Gasteiger partial charge in [0.1, 0.15) is 0 Å². The van der Waals surface area contributed by atoms with Crippen LogP contribution in [0.15, 0.2) is 54.6 Å². The molecular formula is C18H18N2O6. The Morgan fingerprint density at radius 1 is 1.08 bits per heavy atom. The Labute approximate surface area is 150 Å². The molecule has 26 heavy (non-hydrogen) atoms. The number of carbonyl (C=O) groups is 2. The minimum atomic E-state index is -1.12. The van der Waals surface area contributed by atoms with Crippen molar-refractivity contribution in [3.05, 3.63) is 70.3 Å². The first-order valence-corrected chi connectivity index (χ1v) is 7.72. The molecule has 0 fully saturated rings. The van der Waals surface area contributed by atoms with Crippen molar-refractivity contribution in [2.45, 2.75) is 6.10 Å². The number of nitro groups is 1. The molecule has 0 aliphatic heterocycles. The Bertz CT molecular complexity index is 791. The number of rotatable bonds is 7. The van der Waals surface area contributed by atoms with E-state index >= 15 is 0 Å². The predicted octanol–water partition coefficient (Wildman–Crippen LogP) is 2.35. The third-order valence-corrected chi connectivity index (χ3v) is 3.42. The van der Waals surface area contributed by atoms with E-state index in [4.69, 9.17) is 9.47 Å². The highest BCUT2D eigenvalue weighted by Gasteiger charge is 2.27. The number of nitro benzene ring substituents is 1. The second kappa shape index (κ2) is 8.61. The fraction of sp³-hybridized carbons (Fsp3) is 0.222. The molecule has 0 aromatic heterocycles. The van der Waals surface area contributed by atoms with Crippen molar-refractivity contribution < 1.29 is 24.0 Å². The number of esters is 1. The molecule has 0 heterocycles. The van der Waals surface area contributed by atoms with Gasteiger partial charge in [0.25, 0.3) is 5.91 Å². The number of likely N-dealkylation sites (N-methyl/N-ethyl adjacent to an activating group) is 1. The molecule has 0 saturated carbocycles. The smallest absolute Gasteiger partial charge is 0.345 e. The lowest BCUT2D eigenvalue weighted by atomic mass is 10.1. The highest BCUT2D eigenvalue weighted by Crippen LogP contribution is 2.26. The van der Waals surface area contributed by atoms with E-state index in [1.165, 1.54) is 23.1 Å². The normalized spacial score (nSPS) is 11.3. The monoisotopic (exact) mass is 358 g/mol. The number of nitrogens with zero attached hydrogens (tertiary/aromatic N) is 2. The summed E-state index contributed by atoms with van der Waals surface area (Å²) in [6.45, 7) is -0.561. The van der Waals surface area contributed by atoms with Crippen molar-refractivity contribution in [1.29, 1.82) is 0 Å². The minimum absolute atomic E-state index is 0.0513. The Balaban J connectivity index is 2.09. The van der Waals surface area contributed by atoms with E-state index in [9.17, 15) is 19.7 Å². The van der Waals surface area contributed by atoms with Crippen molar-refractivity contribution >= 4 is 17.6 Å². The maximum Gasteiger partial charge on any atom is 0.345 e. The number of para-hydroxylation sites is 2. The molecule has 2 aromatic carbocycles. The molecule has 0 saturated heterocycles. The zero-order valence-corrected chi connectivity index (χ0v) is 14.3. The molecule has 0 aliphatic carbocycles. The lowest BCUT2D eigenvalue weighted by Crippen LogP contribution is -2.32. The highest BCUT2D eigenvalue weighted by atomic mass is 16.6. The third kappa shape index (κ3) is 4.79. The summed E-state index contributed by atoms with van der Waals surface area (Å²) in [7, 11) is 3.10. The van der Waals surface area contributed by atoms with Crippen LogP contribution in [0.2, 0.25) is 0 Å². The van der Waals surface area contributed by atoms with E-state index in [2.05, 4.69) is 0 Å². The zero-order chi connectivity index (χ0) is 19.1. The average molecular weight is 358 g/mol. The van der Waals surface area contributed by atoms with Gasteiger partial charge in [0.2, 0.25) is 6.10 Å². The molecular weight excluding hydrogens is 340 g/mol. The summed E-state index contributed by atoms with van der Waals surface area (Å²) in [5, 5.41) is 11.0. The molecule has 136 valence electrons. The van der Waals surface area contributed by atoms with Gasteiger partial charge in [-0.15, -0.1) is 0 Å². The average Bonchev–Trinajstić information content (AvgIpc) is 2.64. The number of ether oxygens (including phenoxy) is 2. The highest BCUT2D eigenvalue weighted by molar-refractivity contribution is 5.85. The van der Waals surface area contributed by atoms with Gasteiger partial charge in [0, 0.05) is 25.7 Å². The molecule has 0 unspecified atom stereocenters. The van der Waals surface area contributed by atoms with Gasteiger partial charge in [-0.2, -0.15) is 0 Å². The van der Waals surface area contributed by atoms with Crippen LogP contribution < -0.4 is 4.74 Å². The summed E-state index contributed by atoms with van der Waals surface area (Å²) in [5.74, 6) is -1.27. The van der Waals surface area contributed by atoms with Crippen molar-refractivity contribution in [2.24, 2.45) is 0 Å². The molecule has 1 amide bonds. The summed E-state index contributed by atoms with van der Waals surface area (Å²) in [5.41, 5.74) is 0.259. The Kier molecular flexibility index (Phi) is 6.26. The van der Waals surface area contributed by atoms with Gasteiger partial charge < -0.3 is 14.4 Å². The maximum atomic E-state index is 12.3. The first-order chi connectivity index (χ1) is 12.4. The first kappa shape index (κ1) is 18.9. The van der Waals surface area contributed by atoms with Gasteiger partial charge in [-0.05, 0) is 6.07 Å². The van der Waals surface area contributed by atoms with Crippen LogP contribution in [-0.2, 0) is 14.3 Å². The Morgan fingerprint density at radius 2 is 1.69 bits per heavy atom. The molecule has 0 radical (unpaired) electrons. The number of amides is 1. The molecule has 8 heteroatoms. The molecule has 0 bridgehead atoms. The van der Waals surface area contributed by atoms with Crippen molar-refractivity contribution in [3.63, 3.8) is 0 Å². The van der Waals surface area contributed by atoms with Crippen molar-refractivity contribution in [1.82, 2.24) is 4.90 Å². The van der Waals surface area contributed by atoms with Crippen LogP contribution in [0.5, 0.6) is 5.75 Å². The zero-order valence-electron chi connectivity index (χ0n) is 14.3. The van der Waals surface area contributed by atoms with Crippen LogP contribution in [0.1, 0.15) is 11.7 Å². The van der Waals surface area contributed by atoms with Crippen LogP contribution in [0.3, 0.4) is 0 Å². The number of hydrogen-bond donors (Lipinski definition) is 0. The summed E-state index contributed by atoms with van der Waals surface area (Å²) in [6, 6.07) is 14.3. The Morgan fingerprint density at radius 3 is 2.31 bits per heavy atom. The van der Waals surface area contributed by atoms with Gasteiger partial charge in [-0.1, -0.05) is 42.5 Å². The molecule has 8 nitrogen and oxygen atoms in total. The number of hydrogen-bond acceptors (Lipinski definition) is 6. The topological polar surface area (TPSA) is 99.0 Å². The van der Waals surface area contributed by atoms with Crippen molar-refractivity contribution in [3.8, 4) is 5.75 Å². The Hall–Kier alpha value is -3.42. The minimum Gasteiger partial charge on any atom is -0.475 e. The molecule has 0 N–H and O–H groups in total. The van der Waals surface area contributed by atoms with Crippen molar-refractivity contribution in [2.75, 3.05) is 20.7 Å². The van der Waals surface area contributed by atoms with Crippen LogP contribution in [-0.4, -0.2) is 42.4 Å². The van der Waals surface area contributed by atoms with E-state index in [0.29, 0.717) is 5.56 Å². The van der Waals surface area contributed by atoms with E-state index in [0.717, 1.165) is 0 Å². The van der Waals surface area contributed by atoms with Gasteiger partial charge in [-0.3, -0.25) is 14.9 Å². The molecule has 1 atom stereocenters. The standard InChI is InChI=1S/C18H18N2O6/c1-19(2)18(22)17(13-8-4-3-5-9-13)26-16(21)12-25-15-11-7-6-10-14(15)20(23)24/h3-11,17H,12H2,1-2H3/t17-/m1/s1. The van der Waals surface area contributed by atoms with Gasteiger partial charge in [0.15, 0.2) is 12.4 Å². The van der Waals surface area contributed by atoms with Crippen LogP contribution in [0, 0.1) is 10.1 Å². The predicted molar refractivity (Wildman–Crippen MR) is 92.6 cm³/mol. The maximum absolute atomic E-state index is 12.3. The quantitative estimate of drug-likeness (QED) is 0.428. The number of carbonyl (C=O) groups excluding carboxylic acids is 2. The van der Waals surface area contributed by atoms with E-state index in [-0.39, 0.29) is 11.4 Å². The fourth-order valence-corrected chi connectivity index (χ4v) is 2.16. The van der Waals surface area contributed by atoms with E-state index in [1.807, 2.05) is 0 Å². The van der Waals surface area contributed by atoms with Gasteiger partial charge in [0.05, 0.1) is 4.92 Å². The molecule has 2 aromatic rings. The summed E-state index contributed by atoms with van der Waals surface area (Å²) >= 11 is 0.